The first-order chi connectivity index (χ1) is 11.0. The molecule has 2 aromatic rings. The Balaban J connectivity index is 1.78. The first-order valence-electron chi connectivity index (χ1n) is 7.40. The summed E-state index contributed by atoms with van der Waals surface area (Å²) in [4.78, 5) is 23.4. The van der Waals surface area contributed by atoms with Crippen LogP contribution in [0.3, 0.4) is 0 Å². The average Bonchev–Trinajstić information content (AvgIpc) is 2.79. The van der Waals surface area contributed by atoms with E-state index in [9.17, 15) is 9.59 Å². The summed E-state index contributed by atoms with van der Waals surface area (Å²) < 4.78 is 5.81. The normalized spacial score (nSPS) is 20.1. The molecule has 1 fully saturated rings. The highest BCUT2D eigenvalue weighted by atomic mass is 16.5. The molecule has 0 radical (unpaired) electrons. The molecule has 1 heterocycles. The molecule has 5 nitrogen and oxygen atoms in total. The summed E-state index contributed by atoms with van der Waals surface area (Å²) in [5.74, 6) is 0.289. The van der Waals surface area contributed by atoms with Crippen LogP contribution in [-0.4, -0.2) is 11.9 Å². The van der Waals surface area contributed by atoms with E-state index < -0.39 is 11.6 Å². The Morgan fingerprint density at radius 2 is 1.87 bits per heavy atom. The monoisotopic (exact) mass is 310 g/mol. The second-order valence-electron chi connectivity index (χ2n) is 5.84. The van der Waals surface area contributed by atoms with Crippen molar-refractivity contribution in [2.75, 3.05) is 0 Å². The lowest BCUT2D eigenvalue weighted by Crippen LogP contribution is -2.40. The van der Waals surface area contributed by atoms with Crippen molar-refractivity contribution in [3.05, 3.63) is 65.2 Å². The molecule has 3 rings (SSSR count). The number of amides is 3. The van der Waals surface area contributed by atoms with Gasteiger partial charge in [-0.15, -0.1) is 0 Å². The summed E-state index contributed by atoms with van der Waals surface area (Å²) in [5.41, 5.74) is 1.87. The average molecular weight is 310 g/mol. The summed E-state index contributed by atoms with van der Waals surface area (Å²) in [5, 5.41) is 4.91. The Labute approximate surface area is 134 Å². The van der Waals surface area contributed by atoms with Gasteiger partial charge in [0, 0.05) is 0 Å². The molecule has 0 aromatic heterocycles. The maximum Gasteiger partial charge on any atom is 0.322 e. The molecule has 1 atom stereocenters. The van der Waals surface area contributed by atoms with Crippen LogP contribution in [0.2, 0.25) is 0 Å². The van der Waals surface area contributed by atoms with Crippen molar-refractivity contribution in [2.45, 2.75) is 26.0 Å². The highest BCUT2D eigenvalue weighted by molar-refractivity contribution is 6.07. The minimum Gasteiger partial charge on any atom is -0.489 e. The standard InChI is InChI=1S/C18H18N2O3/c1-12-5-3-6-13(9-12)11-23-15-8-4-7-14(10-15)18(2)16(21)19-17(22)20-18/h3-10H,11H2,1-2H3,(H2,19,20,21,22)/t18-/m0/s1. The van der Waals surface area contributed by atoms with Crippen LogP contribution in [0.25, 0.3) is 0 Å². The van der Waals surface area contributed by atoms with Crippen molar-refractivity contribution in [2.24, 2.45) is 0 Å². The minimum atomic E-state index is -1.07. The lowest BCUT2D eigenvalue weighted by molar-refractivity contribution is -0.123. The SMILES string of the molecule is Cc1cccc(COc2cccc([C@]3(C)NC(=O)NC3=O)c2)c1. The number of urea groups is 1. The predicted molar refractivity (Wildman–Crippen MR) is 86.0 cm³/mol. The molecule has 0 unspecified atom stereocenters. The van der Waals surface area contributed by atoms with E-state index in [1.54, 1.807) is 19.1 Å². The largest absolute Gasteiger partial charge is 0.489 e. The molecule has 2 aromatic carbocycles. The molecule has 2 N–H and O–H groups in total. The van der Waals surface area contributed by atoms with Gasteiger partial charge in [-0.3, -0.25) is 10.1 Å². The Morgan fingerprint density at radius 3 is 2.57 bits per heavy atom. The van der Waals surface area contributed by atoms with Crippen LogP contribution in [0, 0.1) is 6.92 Å². The van der Waals surface area contributed by atoms with Crippen LogP contribution in [0.15, 0.2) is 48.5 Å². The molecule has 0 spiro atoms. The second kappa shape index (κ2) is 5.76. The van der Waals surface area contributed by atoms with Gasteiger partial charge in [-0.1, -0.05) is 42.0 Å². The first kappa shape index (κ1) is 15.1. The molecule has 1 aliphatic heterocycles. The summed E-state index contributed by atoms with van der Waals surface area (Å²) >= 11 is 0. The quantitative estimate of drug-likeness (QED) is 0.853. The fraction of sp³-hybridized carbons (Fsp3) is 0.222. The fourth-order valence-corrected chi connectivity index (χ4v) is 2.61. The molecule has 0 aliphatic carbocycles. The zero-order valence-corrected chi connectivity index (χ0v) is 13.1. The zero-order valence-electron chi connectivity index (χ0n) is 13.1. The van der Waals surface area contributed by atoms with E-state index in [0.29, 0.717) is 17.9 Å². The highest BCUT2D eigenvalue weighted by Gasteiger charge is 2.43. The maximum atomic E-state index is 12.0. The number of hydrogen-bond acceptors (Lipinski definition) is 3. The molecular weight excluding hydrogens is 292 g/mol. The molecule has 23 heavy (non-hydrogen) atoms. The number of nitrogens with one attached hydrogen (secondary N) is 2. The summed E-state index contributed by atoms with van der Waals surface area (Å²) in [6.45, 7) is 4.15. The number of hydrogen-bond donors (Lipinski definition) is 2. The Kier molecular flexibility index (Phi) is 3.78. The van der Waals surface area contributed by atoms with Crippen LogP contribution < -0.4 is 15.4 Å². The van der Waals surface area contributed by atoms with Crippen molar-refractivity contribution in [3.8, 4) is 5.75 Å². The number of imide groups is 1. The lowest BCUT2D eigenvalue weighted by Gasteiger charge is -2.21. The molecule has 0 saturated carbocycles. The Morgan fingerprint density at radius 1 is 1.09 bits per heavy atom. The predicted octanol–water partition coefficient (Wildman–Crippen LogP) is 2.63. The molecule has 118 valence electrons. The lowest BCUT2D eigenvalue weighted by atomic mass is 9.92. The Bertz CT molecular complexity index is 772. The van der Waals surface area contributed by atoms with Gasteiger partial charge in [0.15, 0.2) is 0 Å². The molecule has 0 bridgehead atoms. The number of rotatable bonds is 4. The fourth-order valence-electron chi connectivity index (χ4n) is 2.61. The number of ether oxygens (including phenoxy) is 1. The van der Waals surface area contributed by atoms with E-state index in [1.165, 1.54) is 5.56 Å². The Hall–Kier alpha value is -2.82. The van der Waals surface area contributed by atoms with Crippen LogP contribution >= 0.6 is 0 Å². The van der Waals surface area contributed by atoms with Crippen molar-refractivity contribution in [1.82, 2.24) is 10.6 Å². The van der Waals surface area contributed by atoms with E-state index in [-0.39, 0.29) is 5.91 Å². The topological polar surface area (TPSA) is 67.4 Å². The third kappa shape index (κ3) is 3.04. The van der Waals surface area contributed by atoms with E-state index in [4.69, 9.17) is 4.74 Å². The summed E-state index contributed by atoms with van der Waals surface area (Å²) in [6.07, 6.45) is 0. The third-order valence-electron chi connectivity index (χ3n) is 3.94. The molecule has 1 aliphatic rings. The molecule has 5 heteroatoms. The van der Waals surface area contributed by atoms with Gasteiger partial charge >= 0.3 is 6.03 Å². The molecular formula is C18H18N2O3. The smallest absolute Gasteiger partial charge is 0.322 e. The van der Waals surface area contributed by atoms with Gasteiger partial charge in [0.05, 0.1) is 0 Å². The van der Waals surface area contributed by atoms with E-state index in [0.717, 1.165) is 5.56 Å². The van der Waals surface area contributed by atoms with Crippen molar-refractivity contribution >= 4 is 11.9 Å². The van der Waals surface area contributed by atoms with Gasteiger partial charge in [0.2, 0.25) is 0 Å². The van der Waals surface area contributed by atoms with E-state index in [2.05, 4.69) is 16.7 Å². The van der Waals surface area contributed by atoms with Crippen molar-refractivity contribution in [1.29, 1.82) is 0 Å². The number of carbonyl (C=O) groups excluding carboxylic acids is 2. The minimum absolute atomic E-state index is 0.363. The van der Waals surface area contributed by atoms with Gasteiger partial charge in [-0.25, -0.2) is 4.79 Å². The second-order valence-corrected chi connectivity index (χ2v) is 5.84. The molecule has 1 saturated heterocycles. The molecule has 3 amide bonds. The van der Waals surface area contributed by atoms with E-state index >= 15 is 0 Å². The van der Waals surface area contributed by atoms with Gasteiger partial charge in [0.25, 0.3) is 5.91 Å². The summed E-state index contributed by atoms with van der Waals surface area (Å²) in [7, 11) is 0. The van der Waals surface area contributed by atoms with Crippen LogP contribution in [0.1, 0.15) is 23.6 Å². The number of carbonyl (C=O) groups is 2. The number of benzene rings is 2. The van der Waals surface area contributed by atoms with E-state index in [1.807, 2.05) is 37.3 Å². The first-order valence-corrected chi connectivity index (χ1v) is 7.40. The maximum absolute atomic E-state index is 12.0. The van der Waals surface area contributed by atoms with Crippen molar-refractivity contribution in [3.63, 3.8) is 0 Å². The highest BCUT2D eigenvalue weighted by Crippen LogP contribution is 2.27. The van der Waals surface area contributed by atoms with Crippen molar-refractivity contribution < 1.29 is 14.3 Å². The van der Waals surface area contributed by atoms with Gasteiger partial charge in [0.1, 0.15) is 17.9 Å². The van der Waals surface area contributed by atoms with Gasteiger partial charge in [-0.05, 0) is 37.1 Å². The van der Waals surface area contributed by atoms with Crippen LogP contribution in [0.5, 0.6) is 5.75 Å². The number of aryl methyl sites for hydroxylation is 1. The third-order valence-corrected chi connectivity index (χ3v) is 3.94. The van der Waals surface area contributed by atoms with Crippen LogP contribution in [0.4, 0.5) is 4.79 Å². The van der Waals surface area contributed by atoms with Crippen LogP contribution in [-0.2, 0) is 16.9 Å². The zero-order chi connectivity index (χ0) is 16.4. The summed E-state index contributed by atoms with van der Waals surface area (Å²) in [6, 6.07) is 14.8. The van der Waals surface area contributed by atoms with Gasteiger partial charge in [-0.2, -0.15) is 0 Å². The van der Waals surface area contributed by atoms with Gasteiger partial charge < -0.3 is 10.1 Å².